The first kappa shape index (κ1) is 17.2. The molecule has 0 heterocycles. The molecule has 0 fully saturated rings. The van der Waals surface area contributed by atoms with E-state index in [2.05, 4.69) is 5.32 Å². The fourth-order valence-electron chi connectivity index (χ4n) is 1.37. The zero-order valence-electron chi connectivity index (χ0n) is 11.8. The maximum atomic E-state index is 11.9. The summed E-state index contributed by atoms with van der Waals surface area (Å²) in [5.74, 6) is -2.15. The van der Waals surface area contributed by atoms with Crippen molar-refractivity contribution in [1.82, 2.24) is 10.2 Å². The number of amides is 2. The summed E-state index contributed by atoms with van der Waals surface area (Å²) in [6.07, 6.45) is 0. The van der Waals surface area contributed by atoms with E-state index in [9.17, 15) is 14.4 Å². The van der Waals surface area contributed by atoms with E-state index in [0.717, 1.165) is 0 Å². The minimum Gasteiger partial charge on any atom is -0.481 e. The molecule has 0 radical (unpaired) electrons. The molecule has 0 bridgehead atoms. The Balaban J connectivity index is 4.43. The SMILES string of the molecule is CCOC(=O)C(C)NC(=O)N(CC)CC(C)C(=O)O. The van der Waals surface area contributed by atoms with Crippen LogP contribution in [-0.4, -0.2) is 53.7 Å². The van der Waals surface area contributed by atoms with E-state index in [4.69, 9.17) is 9.84 Å². The normalized spacial score (nSPS) is 13.3. The Kier molecular flexibility index (Phi) is 7.55. The maximum Gasteiger partial charge on any atom is 0.328 e. The number of nitrogens with zero attached hydrogens (tertiary/aromatic N) is 1. The summed E-state index contributed by atoms with van der Waals surface area (Å²) in [5, 5.41) is 11.3. The third-order valence-electron chi connectivity index (χ3n) is 2.56. The summed E-state index contributed by atoms with van der Waals surface area (Å²) in [6, 6.07) is -1.24. The van der Waals surface area contributed by atoms with Crippen LogP contribution in [0.3, 0.4) is 0 Å². The number of urea groups is 1. The van der Waals surface area contributed by atoms with E-state index in [0.29, 0.717) is 6.54 Å². The van der Waals surface area contributed by atoms with Gasteiger partial charge >= 0.3 is 18.0 Å². The van der Waals surface area contributed by atoms with Crippen molar-refractivity contribution in [3.8, 4) is 0 Å². The van der Waals surface area contributed by atoms with Gasteiger partial charge in [0.05, 0.1) is 12.5 Å². The van der Waals surface area contributed by atoms with E-state index in [1.54, 1.807) is 13.8 Å². The van der Waals surface area contributed by atoms with Crippen LogP contribution >= 0.6 is 0 Å². The molecule has 0 aromatic heterocycles. The highest BCUT2D eigenvalue weighted by atomic mass is 16.5. The van der Waals surface area contributed by atoms with Gasteiger partial charge in [0.1, 0.15) is 6.04 Å². The number of aliphatic carboxylic acids is 1. The summed E-state index contributed by atoms with van der Waals surface area (Å²) < 4.78 is 4.77. The lowest BCUT2D eigenvalue weighted by molar-refractivity contribution is -0.145. The molecule has 7 nitrogen and oxygen atoms in total. The predicted molar refractivity (Wildman–Crippen MR) is 68.7 cm³/mol. The summed E-state index contributed by atoms with van der Waals surface area (Å²) in [7, 11) is 0. The number of ether oxygens (including phenoxy) is 1. The Bertz CT molecular complexity index is 332. The van der Waals surface area contributed by atoms with Crippen molar-refractivity contribution < 1.29 is 24.2 Å². The molecule has 0 rings (SSSR count). The number of carboxylic acids is 1. The lowest BCUT2D eigenvalue weighted by Crippen LogP contribution is -2.48. The van der Waals surface area contributed by atoms with Gasteiger partial charge in [0.25, 0.3) is 0 Å². The molecule has 7 heteroatoms. The first-order valence-electron chi connectivity index (χ1n) is 6.28. The molecule has 110 valence electrons. The first-order chi connectivity index (χ1) is 8.83. The Hall–Kier alpha value is -1.79. The molecule has 19 heavy (non-hydrogen) atoms. The van der Waals surface area contributed by atoms with E-state index in [1.165, 1.54) is 18.7 Å². The average Bonchev–Trinajstić information content (AvgIpc) is 2.35. The number of carboxylic acid groups (broad SMARTS) is 1. The van der Waals surface area contributed by atoms with Crippen LogP contribution in [-0.2, 0) is 14.3 Å². The van der Waals surface area contributed by atoms with Crippen LogP contribution in [0.15, 0.2) is 0 Å². The van der Waals surface area contributed by atoms with Crippen LogP contribution in [0.4, 0.5) is 4.79 Å². The molecule has 0 saturated heterocycles. The molecule has 0 saturated carbocycles. The zero-order valence-corrected chi connectivity index (χ0v) is 11.8. The fourth-order valence-corrected chi connectivity index (χ4v) is 1.37. The van der Waals surface area contributed by atoms with Crippen molar-refractivity contribution in [3.63, 3.8) is 0 Å². The Labute approximate surface area is 112 Å². The monoisotopic (exact) mass is 274 g/mol. The molecule has 2 unspecified atom stereocenters. The molecule has 0 aliphatic rings. The summed E-state index contributed by atoms with van der Waals surface area (Å²) in [5.41, 5.74) is 0. The van der Waals surface area contributed by atoms with Gasteiger partial charge in [-0.05, 0) is 20.8 Å². The van der Waals surface area contributed by atoms with Gasteiger partial charge in [-0.15, -0.1) is 0 Å². The van der Waals surface area contributed by atoms with Crippen molar-refractivity contribution >= 4 is 18.0 Å². The van der Waals surface area contributed by atoms with Crippen LogP contribution in [0.25, 0.3) is 0 Å². The largest absolute Gasteiger partial charge is 0.481 e. The quantitative estimate of drug-likeness (QED) is 0.666. The highest BCUT2D eigenvalue weighted by Crippen LogP contribution is 2.01. The Morgan fingerprint density at radius 2 is 1.84 bits per heavy atom. The van der Waals surface area contributed by atoms with E-state index >= 15 is 0 Å². The van der Waals surface area contributed by atoms with Gasteiger partial charge in [0.15, 0.2) is 0 Å². The molecular formula is C12H22N2O5. The van der Waals surface area contributed by atoms with Crippen LogP contribution < -0.4 is 5.32 Å². The average molecular weight is 274 g/mol. The Morgan fingerprint density at radius 1 is 1.26 bits per heavy atom. The zero-order chi connectivity index (χ0) is 15.0. The first-order valence-corrected chi connectivity index (χ1v) is 6.28. The molecule has 0 aromatic carbocycles. The molecule has 2 N–H and O–H groups in total. The van der Waals surface area contributed by atoms with Gasteiger partial charge in [0.2, 0.25) is 0 Å². The van der Waals surface area contributed by atoms with Crippen molar-refractivity contribution in [3.05, 3.63) is 0 Å². The summed E-state index contributed by atoms with van der Waals surface area (Å²) >= 11 is 0. The van der Waals surface area contributed by atoms with Crippen molar-refractivity contribution in [2.75, 3.05) is 19.7 Å². The van der Waals surface area contributed by atoms with Crippen LogP contribution in [0.1, 0.15) is 27.7 Å². The molecular weight excluding hydrogens is 252 g/mol. The molecule has 0 spiro atoms. The van der Waals surface area contributed by atoms with Gasteiger partial charge < -0.3 is 20.1 Å². The third-order valence-corrected chi connectivity index (χ3v) is 2.56. The number of rotatable bonds is 7. The van der Waals surface area contributed by atoms with Crippen molar-refractivity contribution in [1.29, 1.82) is 0 Å². The van der Waals surface area contributed by atoms with Crippen molar-refractivity contribution in [2.45, 2.75) is 33.7 Å². The van der Waals surface area contributed by atoms with Gasteiger partial charge in [-0.3, -0.25) is 4.79 Å². The second-order valence-corrected chi connectivity index (χ2v) is 4.20. The van der Waals surface area contributed by atoms with E-state index < -0.39 is 29.9 Å². The summed E-state index contributed by atoms with van der Waals surface area (Å²) in [6.45, 7) is 7.15. The maximum absolute atomic E-state index is 11.9. The lowest BCUT2D eigenvalue weighted by Gasteiger charge is -2.24. The van der Waals surface area contributed by atoms with E-state index in [1.807, 2.05) is 0 Å². The Morgan fingerprint density at radius 3 is 2.26 bits per heavy atom. The lowest BCUT2D eigenvalue weighted by atomic mass is 10.2. The van der Waals surface area contributed by atoms with E-state index in [-0.39, 0.29) is 13.2 Å². The smallest absolute Gasteiger partial charge is 0.328 e. The van der Waals surface area contributed by atoms with Crippen LogP contribution in [0.5, 0.6) is 0 Å². The number of carbonyl (C=O) groups excluding carboxylic acids is 2. The van der Waals surface area contributed by atoms with Crippen LogP contribution in [0.2, 0.25) is 0 Å². The minimum absolute atomic E-state index is 0.0905. The highest BCUT2D eigenvalue weighted by Gasteiger charge is 2.22. The predicted octanol–water partition coefficient (Wildman–Crippen LogP) is 0.690. The molecule has 0 aliphatic carbocycles. The minimum atomic E-state index is -0.968. The standard InChI is InChI=1S/C12H22N2O5/c1-5-14(7-8(3)10(15)16)12(18)13-9(4)11(17)19-6-2/h8-9H,5-7H2,1-4H3,(H,13,18)(H,15,16). The van der Waals surface area contributed by atoms with Gasteiger partial charge in [-0.1, -0.05) is 6.92 Å². The fraction of sp³-hybridized carbons (Fsp3) is 0.750. The molecule has 2 atom stereocenters. The molecule has 0 aliphatic heterocycles. The summed E-state index contributed by atoms with van der Waals surface area (Å²) in [4.78, 5) is 35.3. The second kappa shape index (κ2) is 8.34. The number of nitrogens with one attached hydrogen (secondary N) is 1. The number of hydrogen-bond donors (Lipinski definition) is 2. The van der Waals surface area contributed by atoms with Crippen molar-refractivity contribution in [2.24, 2.45) is 5.92 Å². The second-order valence-electron chi connectivity index (χ2n) is 4.20. The highest BCUT2D eigenvalue weighted by molar-refractivity contribution is 5.83. The van der Waals surface area contributed by atoms with Gasteiger partial charge in [-0.25, -0.2) is 9.59 Å². The number of hydrogen-bond acceptors (Lipinski definition) is 4. The third kappa shape index (κ3) is 6.08. The van der Waals surface area contributed by atoms with Crippen LogP contribution in [0, 0.1) is 5.92 Å². The van der Waals surface area contributed by atoms with Gasteiger partial charge in [0, 0.05) is 13.1 Å². The topological polar surface area (TPSA) is 95.9 Å². The molecule has 0 aromatic rings. The number of esters is 1. The number of carbonyl (C=O) groups is 3. The molecule has 2 amide bonds. The van der Waals surface area contributed by atoms with Gasteiger partial charge in [-0.2, -0.15) is 0 Å².